The van der Waals surface area contributed by atoms with E-state index in [1.807, 2.05) is 41.2 Å². The fraction of sp³-hybridized carbons (Fsp3) is 0.429. The van der Waals surface area contributed by atoms with Gasteiger partial charge in [-0.25, -0.2) is 4.68 Å². The van der Waals surface area contributed by atoms with Gasteiger partial charge in [-0.15, -0.1) is 5.10 Å². The summed E-state index contributed by atoms with van der Waals surface area (Å²) in [6.45, 7) is 5.36. The summed E-state index contributed by atoms with van der Waals surface area (Å²) in [6.07, 6.45) is 4.01. The van der Waals surface area contributed by atoms with Gasteiger partial charge in [0.2, 0.25) is 0 Å². The molecule has 0 saturated heterocycles. The van der Waals surface area contributed by atoms with Crippen LogP contribution in [-0.2, 0) is 0 Å². The van der Waals surface area contributed by atoms with Gasteiger partial charge in [-0.3, -0.25) is 0 Å². The Balaban J connectivity index is 2.26. The molecule has 0 saturated carbocycles. The highest BCUT2D eigenvalue weighted by Crippen LogP contribution is 2.18. The molecule has 1 N–H and O–H groups in total. The fourth-order valence-electron chi connectivity index (χ4n) is 2.03. The number of benzene rings is 1. The zero-order valence-corrected chi connectivity index (χ0v) is 11.0. The first-order valence-electron chi connectivity index (χ1n) is 6.56. The molecule has 0 aliphatic heterocycles. The Morgan fingerprint density at radius 3 is 2.67 bits per heavy atom. The molecule has 2 aromatic rings. The van der Waals surface area contributed by atoms with E-state index < -0.39 is 0 Å². The maximum Gasteiger partial charge on any atom is 0.0815 e. The lowest BCUT2D eigenvalue weighted by Crippen LogP contribution is -2.23. The van der Waals surface area contributed by atoms with Gasteiger partial charge in [0.1, 0.15) is 0 Å². The molecule has 2 rings (SSSR count). The van der Waals surface area contributed by atoms with Crippen molar-refractivity contribution < 1.29 is 0 Å². The quantitative estimate of drug-likeness (QED) is 0.849. The SMILES string of the molecule is CCCNC(CC)c1cnnn1-c1ccccc1. The van der Waals surface area contributed by atoms with Crippen LogP contribution in [0.15, 0.2) is 36.5 Å². The van der Waals surface area contributed by atoms with Crippen molar-refractivity contribution in [1.82, 2.24) is 20.3 Å². The molecule has 0 spiro atoms. The zero-order chi connectivity index (χ0) is 12.8. The van der Waals surface area contributed by atoms with E-state index in [0.717, 1.165) is 30.8 Å². The average molecular weight is 244 g/mol. The summed E-state index contributed by atoms with van der Waals surface area (Å²) < 4.78 is 1.91. The number of rotatable bonds is 6. The first kappa shape index (κ1) is 12.8. The highest BCUT2D eigenvalue weighted by atomic mass is 15.4. The summed E-state index contributed by atoms with van der Waals surface area (Å²) in [4.78, 5) is 0. The Bertz CT molecular complexity index is 464. The Hall–Kier alpha value is -1.68. The van der Waals surface area contributed by atoms with Gasteiger partial charge in [-0.1, -0.05) is 37.3 Å². The Labute approximate surface area is 108 Å². The monoisotopic (exact) mass is 244 g/mol. The third-order valence-electron chi connectivity index (χ3n) is 2.98. The first-order valence-corrected chi connectivity index (χ1v) is 6.56. The van der Waals surface area contributed by atoms with E-state index in [1.165, 1.54) is 0 Å². The summed E-state index contributed by atoms with van der Waals surface area (Å²) in [5.74, 6) is 0. The smallest absolute Gasteiger partial charge is 0.0815 e. The molecule has 4 heteroatoms. The van der Waals surface area contributed by atoms with Crippen molar-refractivity contribution in [3.8, 4) is 5.69 Å². The third-order valence-corrected chi connectivity index (χ3v) is 2.98. The van der Waals surface area contributed by atoms with E-state index in [2.05, 4.69) is 29.5 Å². The van der Waals surface area contributed by atoms with Crippen molar-refractivity contribution in [2.75, 3.05) is 6.54 Å². The molecule has 0 bridgehead atoms. The minimum Gasteiger partial charge on any atom is -0.309 e. The number of nitrogens with zero attached hydrogens (tertiary/aromatic N) is 3. The summed E-state index contributed by atoms with van der Waals surface area (Å²) in [5.41, 5.74) is 2.18. The zero-order valence-electron chi connectivity index (χ0n) is 11.0. The lowest BCUT2D eigenvalue weighted by molar-refractivity contribution is 0.494. The third kappa shape index (κ3) is 2.76. The second-order valence-corrected chi connectivity index (χ2v) is 4.32. The molecule has 0 aliphatic carbocycles. The van der Waals surface area contributed by atoms with Gasteiger partial charge in [-0.2, -0.15) is 0 Å². The minimum absolute atomic E-state index is 0.306. The van der Waals surface area contributed by atoms with E-state index in [1.54, 1.807) is 0 Å². The Morgan fingerprint density at radius 1 is 1.22 bits per heavy atom. The van der Waals surface area contributed by atoms with E-state index in [9.17, 15) is 0 Å². The van der Waals surface area contributed by atoms with Gasteiger partial charge < -0.3 is 5.32 Å². The maximum atomic E-state index is 4.19. The van der Waals surface area contributed by atoms with E-state index in [0.29, 0.717) is 6.04 Å². The van der Waals surface area contributed by atoms with Gasteiger partial charge in [-0.05, 0) is 31.5 Å². The van der Waals surface area contributed by atoms with Crippen LogP contribution in [0.5, 0.6) is 0 Å². The minimum atomic E-state index is 0.306. The van der Waals surface area contributed by atoms with Gasteiger partial charge in [0.05, 0.1) is 23.6 Å². The number of hydrogen-bond donors (Lipinski definition) is 1. The van der Waals surface area contributed by atoms with E-state index in [4.69, 9.17) is 0 Å². The van der Waals surface area contributed by atoms with Gasteiger partial charge in [0, 0.05) is 0 Å². The van der Waals surface area contributed by atoms with Crippen LogP contribution in [0.3, 0.4) is 0 Å². The predicted molar refractivity (Wildman–Crippen MR) is 72.7 cm³/mol. The van der Waals surface area contributed by atoms with Crippen LogP contribution < -0.4 is 5.32 Å². The van der Waals surface area contributed by atoms with Crippen LogP contribution >= 0.6 is 0 Å². The Kier molecular flexibility index (Phi) is 4.47. The normalized spacial score (nSPS) is 12.6. The van der Waals surface area contributed by atoms with Crippen molar-refractivity contribution >= 4 is 0 Å². The molecule has 1 atom stereocenters. The average Bonchev–Trinajstić information content (AvgIpc) is 2.90. The predicted octanol–water partition coefficient (Wildman–Crippen LogP) is 2.72. The van der Waals surface area contributed by atoms with Crippen molar-refractivity contribution in [3.05, 3.63) is 42.2 Å². The van der Waals surface area contributed by atoms with Gasteiger partial charge in [0.25, 0.3) is 0 Å². The molecular weight excluding hydrogens is 224 g/mol. The van der Waals surface area contributed by atoms with Crippen molar-refractivity contribution in [2.45, 2.75) is 32.7 Å². The van der Waals surface area contributed by atoms with Crippen molar-refractivity contribution in [2.24, 2.45) is 0 Å². The van der Waals surface area contributed by atoms with Gasteiger partial charge >= 0.3 is 0 Å². The van der Waals surface area contributed by atoms with Gasteiger partial charge in [0.15, 0.2) is 0 Å². The number of nitrogens with one attached hydrogen (secondary N) is 1. The molecular formula is C14H20N4. The standard InChI is InChI=1S/C14H20N4/c1-3-10-15-13(4-2)14-11-16-17-18(14)12-8-6-5-7-9-12/h5-9,11,13,15H,3-4,10H2,1-2H3. The topological polar surface area (TPSA) is 42.7 Å². The molecule has 1 heterocycles. The Morgan fingerprint density at radius 2 is 2.00 bits per heavy atom. The summed E-state index contributed by atoms with van der Waals surface area (Å²) in [6, 6.07) is 10.4. The number of hydrogen-bond acceptors (Lipinski definition) is 3. The fourth-order valence-corrected chi connectivity index (χ4v) is 2.03. The molecule has 1 aromatic heterocycles. The molecule has 0 aliphatic rings. The lowest BCUT2D eigenvalue weighted by Gasteiger charge is -2.17. The molecule has 1 unspecified atom stereocenters. The molecule has 0 radical (unpaired) electrons. The lowest BCUT2D eigenvalue weighted by atomic mass is 10.1. The summed E-state index contributed by atoms with van der Waals surface area (Å²) in [5, 5.41) is 11.8. The summed E-state index contributed by atoms with van der Waals surface area (Å²) >= 11 is 0. The molecule has 0 amide bonds. The van der Waals surface area contributed by atoms with Crippen molar-refractivity contribution in [1.29, 1.82) is 0 Å². The highest BCUT2D eigenvalue weighted by molar-refractivity contribution is 5.32. The van der Waals surface area contributed by atoms with Crippen LogP contribution in [0.4, 0.5) is 0 Å². The number of aromatic nitrogens is 3. The molecule has 96 valence electrons. The van der Waals surface area contributed by atoms with Crippen LogP contribution in [-0.4, -0.2) is 21.5 Å². The molecule has 1 aromatic carbocycles. The summed E-state index contributed by atoms with van der Waals surface area (Å²) in [7, 11) is 0. The second kappa shape index (κ2) is 6.31. The van der Waals surface area contributed by atoms with E-state index >= 15 is 0 Å². The largest absolute Gasteiger partial charge is 0.309 e. The number of para-hydroxylation sites is 1. The van der Waals surface area contributed by atoms with E-state index in [-0.39, 0.29) is 0 Å². The maximum absolute atomic E-state index is 4.19. The molecule has 4 nitrogen and oxygen atoms in total. The van der Waals surface area contributed by atoms with Crippen LogP contribution in [0, 0.1) is 0 Å². The van der Waals surface area contributed by atoms with Crippen LogP contribution in [0.2, 0.25) is 0 Å². The van der Waals surface area contributed by atoms with Crippen LogP contribution in [0.1, 0.15) is 38.4 Å². The first-order chi connectivity index (χ1) is 8.86. The molecule has 0 fully saturated rings. The van der Waals surface area contributed by atoms with Crippen LogP contribution in [0.25, 0.3) is 5.69 Å². The molecule has 18 heavy (non-hydrogen) atoms. The highest BCUT2D eigenvalue weighted by Gasteiger charge is 2.15. The second-order valence-electron chi connectivity index (χ2n) is 4.32. The van der Waals surface area contributed by atoms with Crippen molar-refractivity contribution in [3.63, 3.8) is 0 Å².